The number of nitrogens with one attached hydrogen (secondary N) is 1. The highest BCUT2D eigenvalue weighted by atomic mass is 35.5. The maximum atomic E-state index is 11.4. The minimum absolute atomic E-state index is 0.0832. The van der Waals surface area contributed by atoms with Crippen LogP contribution in [-0.4, -0.2) is 17.8 Å². The molecule has 0 aliphatic carbocycles. The van der Waals surface area contributed by atoms with Crippen LogP contribution in [0.3, 0.4) is 0 Å². The van der Waals surface area contributed by atoms with E-state index in [9.17, 15) is 4.79 Å². The molecule has 0 saturated heterocycles. The van der Waals surface area contributed by atoms with Crippen molar-refractivity contribution in [2.75, 3.05) is 5.88 Å². The third kappa shape index (κ3) is 2.64. The van der Waals surface area contributed by atoms with Crippen LogP contribution in [0.15, 0.2) is 16.7 Å². The molecule has 0 spiro atoms. The summed E-state index contributed by atoms with van der Waals surface area (Å²) >= 11 is 11.1. The number of alkyl halides is 1. The highest BCUT2D eigenvalue weighted by molar-refractivity contribution is 6.32. The molecule has 0 aliphatic heterocycles. The fourth-order valence-electron chi connectivity index (χ4n) is 0.796. The van der Waals surface area contributed by atoms with Crippen molar-refractivity contribution in [3.63, 3.8) is 0 Å². The first-order chi connectivity index (χ1) is 6.15. The van der Waals surface area contributed by atoms with E-state index in [2.05, 4.69) is 5.32 Å². The van der Waals surface area contributed by atoms with Crippen LogP contribution < -0.4 is 5.32 Å². The van der Waals surface area contributed by atoms with Gasteiger partial charge in [0.1, 0.15) is 0 Å². The van der Waals surface area contributed by atoms with Crippen molar-refractivity contribution in [3.8, 4) is 0 Å². The molecule has 1 aromatic rings. The van der Waals surface area contributed by atoms with E-state index in [0.29, 0.717) is 11.4 Å². The molecule has 0 aromatic carbocycles. The summed E-state index contributed by atoms with van der Waals surface area (Å²) in [6, 6.07) is 1.43. The lowest BCUT2D eigenvalue weighted by molar-refractivity contribution is 0.0943. The van der Waals surface area contributed by atoms with Gasteiger partial charge in [0, 0.05) is 11.9 Å². The minimum Gasteiger partial charge on any atom is -0.452 e. The molecule has 5 heteroatoms. The van der Waals surface area contributed by atoms with Gasteiger partial charge in [0.2, 0.25) is 5.22 Å². The molecule has 0 aliphatic rings. The lowest BCUT2D eigenvalue weighted by atomic mass is 10.3. The van der Waals surface area contributed by atoms with Crippen molar-refractivity contribution in [1.82, 2.24) is 5.32 Å². The Morgan fingerprint density at radius 1 is 1.77 bits per heavy atom. The summed E-state index contributed by atoms with van der Waals surface area (Å²) < 4.78 is 4.77. The predicted octanol–water partition coefficient (Wildman–Crippen LogP) is 2.29. The van der Waals surface area contributed by atoms with Crippen molar-refractivity contribution < 1.29 is 9.21 Å². The average molecular weight is 222 g/mol. The maximum absolute atomic E-state index is 11.4. The van der Waals surface area contributed by atoms with E-state index in [1.165, 1.54) is 12.3 Å². The highest BCUT2D eigenvalue weighted by Crippen LogP contribution is 2.16. The molecule has 1 rings (SSSR count). The zero-order chi connectivity index (χ0) is 9.84. The summed E-state index contributed by atoms with van der Waals surface area (Å²) in [6.07, 6.45) is 1.36. The first-order valence-corrected chi connectivity index (χ1v) is 4.66. The second-order valence-electron chi connectivity index (χ2n) is 2.64. The number of halogens is 2. The van der Waals surface area contributed by atoms with Crippen LogP contribution in [0.4, 0.5) is 0 Å². The fourth-order valence-corrected chi connectivity index (χ4v) is 1.07. The normalized spacial score (nSPS) is 12.5. The Labute approximate surface area is 86.0 Å². The van der Waals surface area contributed by atoms with E-state index in [4.69, 9.17) is 27.6 Å². The van der Waals surface area contributed by atoms with Gasteiger partial charge in [0.25, 0.3) is 5.91 Å². The zero-order valence-corrected chi connectivity index (χ0v) is 8.52. The third-order valence-corrected chi connectivity index (χ3v) is 2.23. The Balaban J connectivity index is 2.64. The molecule has 13 heavy (non-hydrogen) atoms. The molecular formula is C8H9Cl2NO2. The van der Waals surface area contributed by atoms with E-state index in [0.717, 1.165) is 0 Å². The molecule has 1 heterocycles. The Morgan fingerprint density at radius 3 is 2.92 bits per heavy atom. The third-order valence-electron chi connectivity index (χ3n) is 1.47. The molecule has 1 aromatic heterocycles. The summed E-state index contributed by atoms with van der Waals surface area (Å²) in [5.74, 6) is 0.0909. The fraction of sp³-hybridized carbons (Fsp3) is 0.375. The van der Waals surface area contributed by atoms with Crippen LogP contribution in [0.2, 0.25) is 5.22 Å². The lowest BCUT2D eigenvalue weighted by Crippen LogP contribution is -2.33. The van der Waals surface area contributed by atoms with Crippen molar-refractivity contribution in [2.24, 2.45) is 0 Å². The predicted molar refractivity (Wildman–Crippen MR) is 51.4 cm³/mol. The molecule has 1 amide bonds. The Hall–Kier alpha value is -0.670. The number of amides is 1. The molecule has 0 saturated carbocycles. The smallest absolute Gasteiger partial charge is 0.256 e. The summed E-state index contributed by atoms with van der Waals surface area (Å²) in [5, 5.41) is 2.75. The summed E-state index contributed by atoms with van der Waals surface area (Å²) in [7, 11) is 0. The van der Waals surface area contributed by atoms with Crippen LogP contribution >= 0.6 is 23.2 Å². The number of carbonyl (C=O) groups excluding carboxylic acids is 1. The van der Waals surface area contributed by atoms with E-state index in [-0.39, 0.29) is 17.2 Å². The van der Waals surface area contributed by atoms with Gasteiger partial charge in [-0.25, -0.2) is 0 Å². The van der Waals surface area contributed by atoms with Gasteiger partial charge in [-0.15, -0.1) is 11.6 Å². The van der Waals surface area contributed by atoms with Crippen LogP contribution in [0, 0.1) is 0 Å². The zero-order valence-electron chi connectivity index (χ0n) is 7.01. The maximum Gasteiger partial charge on any atom is 0.256 e. The SMILES string of the molecule is CC(CCl)NC(=O)c1ccoc1Cl. The lowest BCUT2D eigenvalue weighted by Gasteiger charge is -2.08. The quantitative estimate of drug-likeness (QED) is 0.797. The monoisotopic (exact) mass is 221 g/mol. The van der Waals surface area contributed by atoms with Crippen LogP contribution in [0.5, 0.6) is 0 Å². The van der Waals surface area contributed by atoms with E-state index < -0.39 is 0 Å². The average Bonchev–Trinajstić information content (AvgIpc) is 2.51. The minimum atomic E-state index is -0.271. The van der Waals surface area contributed by atoms with E-state index >= 15 is 0 Å². The molecule has 0 bridgehead atoms. The number of carbonyl (C=O) groups is 1. The van der Waals surface area contributed by atoms with Gasteiger partial charge in [0.05, 0.1) is 11.8 Å². The highest BCUT2D eigenvalue weighted by Gasteiger charge is 2.14. The van der Waals surface area contributed by atoms with Crippen molar-refractivity contribution in [2.45, 2.75) is 13.0 Å². The van der Waals surface area contributed by atoms with Gasteiger partial charge in [-0.1, -0.05) is 0 Å². The van der Waals surface area contributed by atoms with Crippen LogP contribution in [-0.2, 0) is 0 Å². The van der Waals surface area contributed by atoms with Crippen molar-refractivity contribution >= 4 is 29.1 Å². The largest absolute Gasteiger partial charge is 0.452 e. The first-order valence-electron chi connectivity index (χ1n) is 3.75. The number of rotatable bonds is 3. The molecule has 0 radical (unpaired) electrons. The van der Waals surface area contributed by atoms with Crippen LogP contribution in [0.1, 0.15) is 17.3 Å². The molecule has 0 fully saturated rings. The van der Waals surface area contributed by atoms with E-state index in [1.807, 2.05) is 0 Å². The Morgan fingerprint density at radius 2 is 2.46 bits per heavy atom. The second-order valence-corrected chi connectivity index (χ2v) is 3.29. The van der Waals surface area contributed by atoms with Crippen LogP contribution in [0.25, 0.3) is 0 Å². The number of hydrogen-bond acceptors (Lipinski definition) is 2. The molecule has 72 valence electrons. The van der Waals surface area contributed by atoms with Gasteiger partial charge in [-0.3, -0.25) is 4.79 Å². The van der Waals surface area contributed by atoms with Gasteiger partial charge >= 0.3 is 0 Å². The summed E-state index contributed by atoms with van der Waals surface area (Å²) in [5.41, 5.74) is 0.332. The van der Waals surface area contributed by atoms with Gasteiger partial charge in [0.15, 0.2) is 0 Å². The van der Waals surface area contributed by atoms with Gasteiger partial charge in [-0.05, 0) is 24.6 Å². The van der Waals surface area contributed by atoms with Crippen molar-refractivity contribution in [3.05, 3.63) is 23.1 Å². The molecule has 1 N–H and O–H groups in total. The molecule has 1 unspecified atom stereocenters. The Bertz CT molecular complexity index is 298. The number of hydrogen-bond donors (Lipinski definition) is 1. The van der Waals surface area contributed by atoms with Gasteiger partial charge in [-0.2, -0.15) is 0 Å². The van der Waals surface area contributed by atoms with E-state index in [1.54, 1.807) is 6.92 Å². The van der Waals surface area contributed by atoms with Crippen molar-refractivity contribution in [1.29, 1.82) is 0 Å². The number of furan rings is 1. The Kier molecular flexibility index (Phi) is 3.63. The molecule has 1 atom stereocenters. The molecule has 3 nitrogen and oxygen atoms in total. The second kappa shape index (κ2) is 4.53. The first kappa shape index (κ1) is 10.4. The van der Waals surface area contributed by atoms with Gasteiger partial charge < -0.3 is 9.73 Å². The summed E-state index contributed by atoms with van der Waals surface area (Å²) in [6.45, 7) is 1.80. The summed E-state index contributed by atoms with van der Waals surface area (Å²) in [4.78, 5) is 11.4. The standard InChI is InChI=1S/C8H9Cl2NO2/c1-5(4-9)11-8(12)6-2-3-13-7(6)10/h2-3,5H,4H2,1H3,(H,11,12). The molecular weight excluding hydrogens is 213 g/mol. The topological polar surface area (TPSA) is 42.2 Å².